The molecule has 1 aromatic carbocycles. The third kappa shape index (κ3) is 7.16. The Morgan fingerprint density at radius 3 is 2.92 bits per heavy atom. The fourth-order valence-electron chi connectivity index (χ4n) is 2.54. The standard InChI is InChI=1S/C18H29N3O4.HI/c1-4-19-18(21-13(2)11-25-15-8-9-24-12-15)20-10-14-6-5-7-16(23-3)17(14)22;/h5-7,13,15,22H,4,8-12H2,1-3H3,(H2,19,20,21);1H. The number of ether oxygens (including phenoxy) is 3. The van der Waals surface area contributed by atoms with Crippen LogP contribution in [0.4, 0.5) is 0 Å². The van der Waals surface area contributed by atoms with Gasteiger partial charge in [-0.3, -0.25) is 0 Å². The van der Waals surface area contributed by atoms with Gasteiger partial charge in [0, 0.05) is 24.8 Å². The Hall–Kier alpha value is -1.26. The summed E-state index contributed by atoms with van der Waals surface area (Å²) in [6.07, 6.45) is 1.15. The van der Waals surface area contributed by atoms with E-state index in [1.165, 1.54) is 7.11 Å². The molecule has 0 amide bonds. The lowest BCUT2D eigenvalue weighted by Gasteiger charge is -2.19. The largest absolute Gasteiger partial charge is 0.504 e. The molecular weight excluding hydrogens is 449 g/mol. The lowest BCUT2D eigenvalue weighted by molar-refractivity contribution is 0.0347. The Labute approximate surface area is 172 Å². The Morgan fingerprint density at radius 1 is 1.46 bits per heavy atom. The number of hydrogen-bond acceptors (Lipinski definition) is 5. The van der Waals surface area contributed by atoms with Gasteiger partial charge in [0.15, 0.2) is 17.5 Å². The minimum Gasteiger partial charge on any atom is -0.504 e. The molecule has 1 heterocycles. The summed E-state index contributed by atoms with van der Waals surface area (Å²) in [4.78, 5) is 4.54. The number of benzene rings is 1. The minimum atomic E-state index is 0. The minimum absolute atomic E-state index is 0. The average Bonchev–Trinajstić information content (AvgIpc) is 3.12. The van der Waals surface area contributed by atoms with Gasteiger partial charge in [0.25, 0.3) is 0 Å². The van der Waals surface area contributed by atoms with Gasteiger partial charge in [-0.2, -0.15) is 0 Å². The number of halogens is 1. The molecule has 7 nitrogen and oxygen atoms in total. The van der Waals surface area contributed by atoms with Crippen LogP contribution in [0.2, 0.25) is 0 Å². The second-order valence-electron chi connectivity index (χ2n) is 6.03. The fraction of sp³-hybridized carbons (Fsp3) is 0.611. The molecule has 0 aliphatic carbocycles. The van der Waals surface area contributed by atoms with E-state index in [-0.39, 0.29) is 41.9 Å². The summed E-state index contributed by atoms with van der Waals surface area (Å²) < 4.78 is 16.3. The van der Waals surface area contributed by atoms with Crippen molar-refractivity contribution in [3.05, 3.63) is 23.8 Å². The second-order valence-corrected chi connectivity index (χ2v) is 6.03. The Bertz CT molecular complexity index is 565. The summed E-state index contributed by atoms with van der Waals surface area (Å²) in [5.74, 6) is 1.26. The van der Waals surface area contributed by atoms with Crippen LogP contribution in [-0.2, 0) is 16.0 Å². The van der Waals surface area contributed by atoms with E-state index >= 15 is 0 Å². The number of para-hydroxylation sites is 1. The molecule has 0 spiro atoms. The SMILES string of the molecule is CCNC(=NCc1cccc(OC)c1O)NC(C)COC1CCOC1.I. The third-order valence-corrected chi connectivity index (χ3v) is 3.91. The van der Waals surface area contributed by atoms with Gasteiger partial charge in [0.05, 0.1) is 33.0 Å². The van der Waals surface area contributed by atoms with Crippen molar-refractivity contribution in [2.24, 2.45) is 4.99 Å². The lowest BCUT2D eigenvalue weighted by Crippen LogP contribution is -2.44. The Kier molecular flexibility index (Phi) is 10.7. The van der Waals surface area contributed by atoms with Crippen LogP contribution < -0.4 is 15.4 Å². The van der Waals surface area contributed by atoms with Crippen molar-refractivity contribution >= 4 is 29.9 Å². The van der Waals surface area contributed by atoms with E-state index in [9.17, 15) is 5.11 Å². The monoisotopic (exact) mass is 479 g/mol. The molecule has 2 atom stereocenters. The molecule has 0 aromatic heterocycles. The summed E-state index contributed by atoms with van der Waals surface area (Å²) in [5.41, 5.74) is 0.712. The fourth-order valence-corrected chi connectivity index (χ4v) is 2.54. The quantitative estimate of drug-likeness (QED) is 0.302. The summed E-state index contributed by atoms with van der Waals surface area (Å²) in [6.45, 7) is 7.20. The molecule has 0 radical (unpaired) electrons. The predicted octanol–water partition coefficient (Wildman–Crippen LogP) is 2.27. The molecule has 3 N–H and O–H groups in total. The van der Waals surface area contributed by atoms with E-state index in [0.29, 0.717) is 37.0 Å². The molecule has 1 aliphatic rings. The van der Waals surface area contributed by atoms with Crippen LogP contribution in [0, 0.1) is 0 Å². The molecule has 1 saturated heterocycles. The summed E-state index contributed by atoms with van der Waals surface area (Å²) in [5, 5.41) is 16.7. The number of rotatable bonds is 8. The van der Waals surface area contributed by atoms with E-state index in [1.54, 1.807) is 6.07 Å². The van der Waals surface area contributed by atoms with Crippen molar-refractivity contribution in [2.75, 3.05) is 33.5 Å². The number of aliphatic imine (C=N–C) groups is 1. The molecule has 0 bridgehead atoms. The summed E-state index contributed by atoms with van der Waals surface area (Å²) >= 11 is 0. The Balaban J connectivity index is 0.00000338. The average molecular weight is 479 g/mol. The van der Waals surface area contributed by atoms with E-state index in [0.717, 1.165) is 19.6 Å². The van der Waals surface area contributed by atoms with E-state index < -0.39 is 0 Å². The number of nitrogens with one attached hydrogen (secondary N) is 2. The highest BCUT2D eigenvalue weighted by molar-refractivity contribution is 14.0. The van der Waals surface area contributed by atoms with Crippen molar-refractivity contribution in [2.45, 2.75) is 39.0 Å². The van der Waals surface area contributed by atoms with Crippen LogP contribution >= 0.6 is 24.0 Å². The van der Waals surface area contributed by atoms with Crippen LogP contribution in [0.5, 0.6) is 11.5 Å². The maximum atomic E-state index is 10.2. The van der Waals surface area contributed by atoms with Gasteiger partial charge in [-0.25, -0.2) is 4.99 Å². The number of phenolic OH excluding ortho intramolecular Hbond substituents is 1. The molecular formula is C18H30IN3O4. The number of phenols is 1. The maximum absolute atomic E-state index is 10.2. The highest BCUT2D eigenvalue weighted by Gasteiger charge is 2.17. The zero-order valence-corrected chi connectivity index (χ0v) is 18.0. The van der Waals surface area contributed by atoms with Crippen molar-refractivity contribution in [3.63, 3.8) is 0 Å². The first kappa shape index (κ1) is 22.8. The van der Waals surface area contributed by atoms with Crippen molar-refractivity contribution < 1.29 is 19.3 Å². The first-order valence-electron chi connectivity index (χ1n) is 8.73. The predicted molar refractivity (Wildman–Crippen MR) is 113 cm³/mol. The number of aromatic hydroxyl groups is 1. The second kappa shape index (κ2) is 12.2. The number of hydrogen-bond donors (Lipinski definition) is 3. The molecule has 2 unspecified atom stereocenters. The van der Waals surface area contributed by atoms with Gasteiger partial charge in [-0.05, 0) is 26.3 Å². The first-order valence-corrected chi connectivity index (χ1v) is 8.73. The normalized spacial score (nSPS) is 18.1. The molecule has 0 saturated carbocycles. The van der Waals surface area contributed by atoms with Gasteiger partial charge < -0.3 is 30.0 Å². The molecule has 26 heavy (non-hydrogen) atoms. The van der Waals surface area contributed by atoms with Crippen LogP contribution in [0.15, 0.2) is 23.2 Å². The molecule has 8 heteroatoms. The molecule has 148 valence electrons. The third-order valence-electron chi connectivity index (χ3n) is 3.91. The van der Waals surface area contributed by atoms with Gasteiger partial charge in [0.1, 0.15) is 0 Å². The van der Waals surface area contributed by atoms with Gasteiger partial charge >= 0.3 is 0 Å². The zero-order chi connectivity index (χ0) is 18.1. The number of nitrogens with zero attached hydrogens (tertiary/aromatic N) is 1. The number of guanidine groups is 1. The van der Waals surface area contributed by atoms with Gasteiger partial charge in [0.2, 0.25) is 0 Å². The summed E-state index contributed by atoms with van der Waals surface area (Å²) in [7, 11) is 1.53. The zero-order valence-electron chi connectivity index (χ0n) is 15.7. The van der Waals surface area contributed by atoms with E-state index in [2.05, 4.69) is 15.6 Å². The maximum Gasteiger partial charge on any atom is 0.191 e. The lowest BCUT2D eigenvalue weighted by atomic mass is 10.2. The van der Waals surface area contributed by atoms with Crippen LogP contribution in [-0.4, -0.2) is 56.7 Å². The highest BCUT2D eigenvalue weighted by atomic mass is 127. The molecule has 2 rings (SSSR count). The van der Waals surface area contributed by atoms with E-state index in [4.69, 9.17) is 14.2 Å². The number of methoxy groups -OCH3 is 1. The molecule has 1 aromatic rings. The van der Waals surface area contributed by atoms with E-state index in [1.807, 2.05) is 26.0 Å². The highest BCUT2D eigenvalue weighted by Crippen LogP contribution is 2.29. The van der Waals surface area contributed by atoms with Gasteiger partial charge in [-0.1, -0.05) is 12.1 Å². The van der Waals surface area contributed by atoms with Crippen LogP contribution in [0.1, 0.15) is 25.8 Å². The first-order chi connectivity index (χ1) is 12.1. The smallest absolute Gasteiger partial charge is 0.191 e. The van der Waals surface area contributed by atoms with Crippen molar-refractivity contribution in [1.82, 2.24) is 10.6 Å². The summed E-state index contributed by atoms with van der Waals surface area (Å²) in [6, 6.07) is 5.50. The Morgan fingerprint density at radius 2 is 2.27 bits per heavy atom. The van der Waals surface area contributed by atoms with Crippen LogP contribution in [0.3, 0.4) is 0 Å². The van der Waals surface area contributed by atoms with Gasteiger partial charge in [-0.15, -0.1) is 24.0 Å². The van der Waals surface area contributed by atoms with Crippen molar-refractivity contribution in [1.29, 1.82) is 0 Å². The molecule has 1 aliphatic heterocycles. The van der Waals surface area contributed by atoms with Crippen molar-refractivity contribution in [3.8, 4) is 11.5 Å². The molecule has 1 fully saturated rings. The van der Waals surface area contributed by atoms with Crippen LogP contribution in [0.25, 0.3) is 0 Å². The topological polar surface area (TPSA) is 84.3 Å².